The highest BCUT2D eigenvalue weighted by Gasteiger charge is 2.44. The standard InChI is InChI=1S/C27H51N3O7/c1-16(2)12-19-14-23(32)30(8)11-9-10-27(5,35)22(15-21(31)18(4)25(34)28-19)37-26-24(33)20(29(6)7)13-17(3)36-26/h16-22,24,26,31,33,35H,9-15H2,1-8H3,(H,28,34)/t17-,18-,19+,20+,21+,22-,24-,26+,27-/m1/s1. The Balaban J connectivity index is 2.30. The van der Waals surface area contributed by atoms with Gasteiger partial charge in [0.25, 0.3) is 0 Å². The molecule has 10 heteroatoms. The molecule has 2 fully saturated rings. The topological polar surface area (TPSA) is 132 Å². The molecule has 2 heterocycles. The Morgan fingerprint density at radius 1 is 1.22 bits per heavy atom. The molecule has 0 spiro atoms. The van der Waals surface area contributed by atoms with Crippen molar-refractivity contribution in [3.8, 4) is 0 Å². The van der Waals surface area contributed by atoms with Crippen LogP contribution in [-0.2, 0) is 19.1 Å². The molecule has 2 rings (SSSR count). The van der Waals surface area contributed by atoms with Gasteiger partial charge in [0.15, 0.2) is 6.29 Å². The van der Waals surface area contributed by atoms with Crippen LogP contribution in [0.1, 0.15) is 73.1 Å². The van der Waals surface area contributed by atoms with Crippen LogP contribution in [0.5, 0.6) is 0 Å². The van der Waals surface area contributed by atoms with Crippen LogP contribution in [-0.4, -0.2) is 113 Å². The lowest BCUT2D eigenvalue weighted by Crippen LogP contribution is -2.57. The van der Waals surface area contributed by atoms with Crippen molar-refractivity contribution in [2.45, 2.75) is 122 Å². The monoisotopic (exact) mass is 529 g/mol. The molecule has 0 aromatic rings. The minimum atomic E-state index is -1.40. The van der Waals surface area contributed by atoms with E-state index in [1.54, 1.807) is 25.8 Å². The Morgan fingerprint density at radius 3 is 2.46 bits per heavy atom. The van der Waals surface area contributed by atoms with E-state index in [0.717, 1.165) is 0 Å². The summed E-state index contributed by atoms with van der Waals surface area (Å²) in [7, 11) is 5.50. The maximum Gasteiger partial charge on any atom is 0.225 e. The van der Waals surface area contributed by atoms with Crippen LogP contribution in [0, 0.1) is 11.8 Å². The lowest BCUT2D eigenvalue weighted by molar-refractivity contribution is -0.290. The molecule has 0 radical (unpaired) electrons. The highest BCUT2D eigenvalue weighted by Crippen LogP contribution is 2.31. The zero-order valence-electron chi connectivity index (χ0n) is 24.0. The molecular formula is C27H51N3O7. The number of likely N-dealkylation sites (N-methyl/N-ethyl adjacent to an activating group) is 1. The fourth-order valence-corrected chi connectivity index (χ4v) is 5.29. The van der Waals surface area contributed by atoms with Crippen molar-refractivity contribution >= 4 is 11.8 Å². The van der Waals surface area contributed by atoms with Gasteiger partial charge in [0.05, 0.1) is 29.8 Å². The van der Waals surface area contributed by atoms with Crippen LogP contribution in [0.2, 0.25) is 0 Å². The van der Waals surface area contributed by atoms with Crippen LogP contribution in [0.25, 0.3) is 0 Å². The Labute approximate surface area is 222 Å². The average molecular weight is 530 g/mol. The zero-order chi connectivity index (χ0) is 28.1. The molecule has 216 valence electrons. The fraction of sp³-hybridized carbons (Fsp3) is 0.926. The molecule has 0 saturated carbocycles. The number of ether oxygens (including phenoxy) is 2. The third-order valence-electron chi connectivity index (χ3n) is 7.84. The van der Waals surface area contributed by atoms with E-state index in [1.165, 1.54) is 0 Å². The summed E-state index contributed by atoms with van der Waals surface area (Å²) < 4.78 is 12.2. The summed E-state index contributed by atoms with van der Waals surface area (Å²) in [5, 5.41) is 36.5. The van der Waals surface area contributed by atoms with Gasteiger partial charge in [-0.2, -0.15) is 0 Å². The highest BCUT2D eigenvalue weighted by molar-refractivity contribution is 5.81. The Morgan fingerprint density at radius 2 is 1.86 bits per heavy atom. The molecule has 0 aliphatic carbocycles. The first-order chi connectivity index (χ1) is 17.1. The number of nitrogens with zero attached hydrogens (tertiary/aromatic N) is 2. The van der Waals surface area contributed by atoms with E-state index in [2.05, 4.69) is 5.32 Å². The van der Waals surface area contributed by atoms with E-state index in [-0.39, 0.29) is 48.8 Å². The van der Waals surface area contributed by atoms with E-state index in [0.29, 0.717) is 32.2 Å². The number of aliphatic hydroxyl groups excluding tert-OH is 2. The minimum absolute atomic E-state index is 0.0151. The van der Waals surface area contributed by atoms with Gasteiger partial charge in [0, 0.05) is 38.5 Å². The lowest BCUT2D eigenvalue weighted by Gasteiger charge is -2.44. The van der Waals surface area contributed by atoms with Crippen LogP contribution in [0.15, 0.2) is 0 Å². The van der Waals surface area contributed by atoms with E-state index < -0.39 is 36.1 Å². The second-order valence-corrected chi connectivity index (χ2v) is 12.1. The van der Waals surface area contributed by atoms with Crippen molar-refractivity contribution in [1.29, 1.82) is 0 Å². The predicted molar refractivity (Wildman–Crippen MR) is 141 cm³/mol. The Kier molecular flexibility index (Phi) is 11.8. The molecule has 2 aliphatic rings. The van der Waals surface area contributed by atoms with Crippen molar-refractivity contribution in [1.82, 2.24) is 15.1 Å². The third-order valence-corrected chi connectivity index (χ3v) is 7.84. The van der Waals surface area contributed by atoms with Crippen molar-refractivity contribution < 1.29 is 34.4 Å². The van der Waals surface area contributed by atoms with E-state index >= 15 is 0 Å². The van der Waals surface area contributed by atoms with E-state index in [9.17, 15) is 24.9 Å². The summed E-state index contributed by atoms with van der Waals surface area (Å²) in [4.78, 5) is 29.5. The molecule has 0 aromatic carbocycles. The Bertz CT molecular complexity index is 748. The molecular weight excluding hydrogens is 478 g/mol. The van der Waals surface area contributed by atoms with Gasteiger partial charge < -0.3 is 39.9 Å². The smallest absolute Gasteiger partial charge is 0.225 e. The van der Waals surface area contributed by atoms with Crippen LogP contribution in [0.4, 0.5) is 0 Å². The molecule has 0 unspecified atom stereocenters. The third kappa shape index (κ3) is 9.14. The fourth-order valence-electron chi connectivity index (χ4n) is 5.29. The van der Waals surface area contributed by atoms with Gasteiger partial charge in [0.1, 0.15) is 6.10 Å². The highest BCUT2D eigenvalue weighted by atomic mass is 16.7. The summed E-state index contributed by atoms with van der Waals surface area (Å²) in [5.41, 5.74) is -1.40. The van der Waals surface area contributed by atoms with Crippen molar-refractivity contribution in [3.63, 3.8) is 0 Å². The van der Waals surface area contributed by atoms with Crippen LogP contribution >= 0.6 is 0 Å². The molecule has 2 aliphatic heterocycles. The maximum atomic E-state index is 13.1. The number of amides is 2. The molecule has 2 amide bonds. The number of hydrogen-bond donors (Lipinski definition) is 4. The number of carbonyl (C=O) groups is 2. The largest absolute Gasteiger partial charge is 0.392 e. The normalized spacial score (nSPS) is 39.5. The molecule has 10 nitrogen and oxygen atoms in total. The number of rotatable bonds is 5. The quantitative estimate of drug-likeness (QED) is 0.417. The molecule has 9 atom stereocenters. The molecule has 37 heavy (non-hydrogen) atoms. The predicted octanol–water partition coefficient (Wildman–Crippen LogP) is 1.11. The number of nitrogens with one attached hydrogen (secondary N) is 1. The SMILES string of the molecule is CC(C)C[C@H]1CC(=O)N(C)CCC[C@@](C)(O)[C@H](O[C@@H]2O[C@H](C)C[C@H](N(C)C)[C@H]2O)C[C@H](O)[C@@H](C)C(=O)N1. The van der Waals surface area contributed by atoms with Crippen molar-refractivity contribution in [2.75, 3.05) is 27.7 Å². The van der Waals surface area contributed by atoms with Crippen LogP contribution < -0.4 is 5.32 Å². The van der Waals surface area contributed by atoms with Gasteiger partial charge in [-0.15, -0.1) is 0 Å². The number of hydrogen-bond acceptors (Lipinski definition) is 8. The van der Waals surface area contributed by atoms with Crippen LogP contribution in [0.3, 0.4) is 0 Å². The second kappa shape index (κ2) is 13.7. The first-order valence-electron chi connectivity index (χ1n) is 13.7. The lowest BCUT2D eigenvalue weighted by atomic mass is 9.86. The van der Waals surface area contributed by atoms with E-state index in [4.69, 9.17) is 9.47 Å². The zero-order valence-corrected chi connectivity index (χ0v) is 24.0. The Hall–Kier alpha value is -1.30. The average Bonchev–Trinajstić information content (AvgIpc) is 2.78. The van der Waals surface area contributed by atoms with Gasteiger partial charge in [-0.25, -0.2) is 0 Å². The van der Waals surface area contributed by atoms with Crippen molar-refractivity contribution in [3.05, 3.63) is 0 Å². The van der Waals surface area contributed by atoms with Gasteiger partial charge in [-0.3, -0.25) is 9.59 Å². The van der Waals surface area contributed by atoms with Gasteiger partial charge in [-0.1, -0.05) is 20.8 Å². The molecule has 4 N–H and O–H groups in total. The maximum absolute atomic E-state index is 13.1. The minimum Gasteiger partial charge on any atom is -0.392 e. The first-order valence-corrected chi connectivity index (χ1v) is 13.7. The molecule has 2 saturated heterocycles. The molecule has 0 bridgehead atoms. The summed E-state index contributed by atoms with van der Waals surface area (Å²) in [6.45, 7) is 9.68. The second-order valence-electron chi connectivity index (χ2n) is 12.1. The summed E-state index contributed by atoms with van der Waals surface area (Å²) >= 11 is 0. The first kappa shape index (κ1) is 31.9. The summed E-state index contributed by atoms with van der Waals surface area (Å²) in [6.07, 6.45) is -1.87. The number of aliphatic hydroxyl groups is 3. The number of carbonyl (C=O) groups excluding carboxylic acids is 2. The van der Waals surface area contributed by atoms with Gasteiger partial charge in [-0.05, 0) is 59.5 Å². The summed E-state index contributed by atoms with van der Waals surface area (Å²) in [5.74, 6) is -0.936. The van der Waals surface area contributed by atoms with Crippen molar-refractivity contribution in [2.24, 2.45) is 11.8 Å². The van der Waals surface area contributed by atoms with Gasteiger partial charge in [0.2, 0.25) is 11.8 Å². The summed E-state index contributed by atoms with van der Waals surface area (Å²) in [6, 6.07) is -0.519. The van der Waals surface area contributed by atoms with Gasteiger partial charge >= 0.3 is 0 Å². The molecule has 0 aromatic heterocycles. The van der Waals surface area contributed by atoms with E-state index in [1.807, 2.05) is 39.8 Å².